The van der Waals surface area contributed by atoms with Crippen LogP contribution in [0, 0.1) is 0 Å². The molecular formula is C27H26N2O3S. The van der Waals surface area contributed by atoms with Gasteiger partial charge in [-0.25, -0.2) is 0 Å². The molecule has 0 radical (unpaired) electrons. The van der Waals surface area contributed by atoms with Crippen LogP contribution in [0.3, 0.4) is 0 Å². The van der Waals surface area contributed by atoms with Gasteiger partial charge in [-0.3, -0.25) is 14.5 Å². The monoisotopic (exact) mass is 458 g/mol. The van der Waals surface area contributed by atoms with Crippen molar-refractivity contribution in [2.24, 2.45) is 0 Å². The number of anilines is 2. The number of hydrogen-bond acceptors (Lipinski definition) is 5. The number of ether oxygens (including phenoxy) is 1. The number of fused-ring (bicyclic) bond motifs is 1. The van der Waals surface area contributed by atoms with Gasteiger partial charge in [0.1, 0.15) is 5.75 Å². The number of methoxy groups -OCH3 is 1. The summed E-state index contributed by atoms with van der Waals surface area (Å²) in [5, 5.41) is 5.62. The third kappa shape index (κ3) is 3.85. The minimum absolute atomic E-state index is 0.0213. The summed E-state index contributed by atoms with van der Waals surface area (Å²) in [5.41, 5.74) is 4.13. The maximum absolute atomic E-state index is 13.7. The van der Waals surface area contributed by atoms with Crippen LogP contribution < -0.4 is 15.0 Å². The zero-order valence-electron chi connectivity index (χ0n) is 18.7. The molecule has 1 N–H and O–H groups in total. The fraction of sp³-hybridized carbons (Fsp3) is 0.259. The minimum atomic E-state index is -0.494. The number of thiophene rings is 1. The maximum Gasteiger partial charge on any atom is 0.227 e. The lowest BCUT2D eigenvalue weighted by molar-refractivity contribution is -0.119. The minimum Gasteiger partial charge on any atom is -0.497 e. The highest BCUT2D eigenvalue weighted by Crippen LogP contribution is 2.48. The number of nitrogens with zero attached hydrogens (tertiary/aromatic N) is 1. The second kappa shape index (κ2) is 8.87. The molecular weight excluding hydrogens is 432 g/mol. The molecule has 33 heavy (non-hydrogen) atoms. The third-order valence-electron chi connectivity index (χ3n) is 6.44. The van der Waals surface area contributed by atoms with Gasteiger partial charge in [-0.2, -0.15) is 0 Å². The third-order valence-corrected chi connectivity index (χ3v) is 7.47. The van der Waals surface area contributed by atoms with Crippen LogP contribution in [0.1, 0.15) is 48.6 Å². The van der Waals surface area contributed by atoms with Crippen molar-refractivity contribution < 1.29 is 14.3 Å². The molecule has 0 unspecified atom stereocenters. The Hall–Kier alpha value is -3.38. The van der Waals surface area contributed by atoms with Gasteiger partial charge in [0.2, 0.25) is 5.91 Å². The molecule has 2 atom stereocenters. The number of rotatable bonds is 4. The van der Waals surface area contributed by atoms with E-state index in [1.165, 1.54) is 4.88 Å². The number of hydrogen-bond donors (Lipinski definition) is 1. The zero-order chi connectivity index (χ0) is 22.9. The van der Waals surface area contributed by atoms with E-state index < -0.39 is 6.04 Å². The Morgan fingerprint density at radius 2 is 1.88 bits per heavy atom. The fourth-order valence-electron chi connectivity index (χ4n) is 4.86. The number of para-hydroxylation sites is 2. The van der Waals surface area contributed by atoms with Gasteiger partial charge in [-0.15, -0.1) is 11.3 Å². The first-order valence-electron chi connectivity index (χ1n) is 11.2. The van der Waals surface area contributed by atoms with Gasteiger partial charge in [0, 0.05) is 34.9 Å². The predicted molar refractivity (Wildman–Crippen MR) is 132 cm³/mol. The summed E-state index contributed by atoms with van der Waals surface area (Å²) >= 11 is 1.69. The number of allylic oxidation sites excluding steroid dienone is 1. The summed E-state index contributed by atoms with van der Waals surface area (Å²) in [6, 6.07) is 19.1. The summed E-state index contributed by atoms with van der Waals surface area (Å²) in [4.78, 5) is 30.1. The SMILES string of the molecule is CCC(=O)N1c2ccccc2NC2=C(C(=O)C[C@@H](c3cccs3)C2)[C@H]1c1ccc(OC)cc1. The van der Waals surface area contributed by atoms with Gasteiger partial charge in [0.15, 0.2) is 5.78 Å². The first kappa shape index (κ1) is 21.5. The number of Topliss-reactive ketones (excluding diaryl/α,β-unsaturated/α-hetero) is 1. The van der Waals surface area contributed by atoms with Gasteiger partial charge in [-0.1, -0.05) is 37.3 Å². The Morgan fingerprint density at radius 1 is 1.09 bits per heavy atom. The number of carbonyl (C=O) groups excluding carboxylic acids is 2. The molecule has 0 saturated carbocycles. The fourth-order valence-corrected chi connectivity index (χ4v) is 5.69. The van der Waals surface area contributed by atoms with Crippen molar-refractivity contribution in [3.8, 4) is 5.75 Å². The average Bonchev–Trinajstić information content (AvgIpc) is 3.34. The number of carbonyl (C=O) groups is 2. The summed E-state index contributed by atoms with van der Waals surface area (Å²) < 4.78 is 5.35. The van der Waals surface area contributed by atoms with E-state index in [0.29, 0.717) is 18.4 Å². The lowest BCUT2D eigenvalue weighted by Gasteiger charge is -2.35. The molecule has 1 aliphatic heterocycles. The Bertz CT molecular complexity index is 1210. The summed E-state index contributed by atoms with van der Waals surface area (Å²) in [6.07, 6.45) is 1.52. The molecule has 5 nitrogen and oxygen atoms in total. The lowest BCUT2D eigenvalue weighted by Crippen LogP contribution is -2.38. The highest BCUT2D eigenvalue weighted by Gasteiger charge is 2.41. The van der Waals surface area contributed by atoms with Crippen LogP contribution in [0.2, 0.25) is 0 Å². The van der Waals surface area contributed by atoms with Crippen molar-refractivity contribution in [3.05, 3.63) is 87.8 Å². The Labute approximate surface area is 197 Å². The van der Waals surface area contributed by atoms with E-state index in [0.717, 1.165) is 34.8 Å². The topological polar surface area (TPSA) is 58.6 Å². The molecule has 2 aromatic carbocycles. The molecule has 1 amide bonds. The molecule has 3 aromatic rings. The molecule has 6 heteroatoms. The molecule has 0 fully saturated rings. The van der Waals surface area contributed by atoms with Crippen LogP contribution in [0.25, 0.3) is 0 Å². The van der Waals surface area contributed by atoms with Crippen LogP contribution in [-0.2, 0) is 9.59 Å². The zero-order valence-corrected chi connectivity index (χ0v) is 19.5. The van der Waals surface area contributed by atoms with Crippen molar-refractivity contribution in [1.29, 1.82) is 0 Å². The van der Waals surface area contributed by atoms with Crippen LogP contribution >= 0.6 is 11.3 Å². The van der Waals surface area contributed by atoms with Crippen LogP contribution in [0.15, 0.2) is 77.3 Å². The van der Waals surface area contributed by atoms with Crippen molar-refractivity contribution in [2.45, 2.75) is 38.1 Å². The van der Waals surface area contributed by atoms with E-state index >= 15 is 0 Å². The highest BCUT2D eigenvalue weighted by atomic mass is 32.1. The molecule has 0 saturated heterocycles. The van der Waals surface area contributed by atoms with Gasteiger partial charge < -0.3 is 10.1 Å². The number of amides is 1. The number of benzene rings is 2. The van der Waals surface area contributed by atoms with Crippen molar-refractivity contribution in [2.75, 3.05) is 17.3 Å². The first-order valence-corrected chi connectivity index (χ1v) is 12.1. The maximum atomic E-state index is 13.7. The first-order chi connectivity index (χ1) is 16.1. The largest absolute Gasteiger partial charge is 0.497 e. The van der Waals surface area contributed by atoms with Crippen LogP contribution in [0.4, 0.5) is 11.4 Å². The van der Waals surface area contributed by atoms with Crippen molar-refractivity contribution >= 4 is 34.4 Å². The van der Waals surface area contributed by atoms with E-state index in [1.54, 1.807) is 23.3 Å². The van der Waals surface area contributed by atoms with Crippen LogP contribution in [0.5, 0.6) is 5.75 Å². The standard InChI is InChI=1S/C27H26N2O3S/c1-3-25(31)29-22-8-5-4-7-20(22)28-21-15-18(24-9-6-14-33-24)16-23(30)26(21)27(29)17-10-12-19(32-2)13-11-17/h4-14,18,27-28H,3,15-16H2,1-2H3/t18-,27+/m0/s1. The lowest BCUT2D eigenvalue weighted by atomic mass is 9.80. The molecule has 0 bridgehead atoms. The van der Waals surface area contributed by atoms with Crippen molar-refractivity contribution in [1.82, 2.24) is 0 Å². The molecule has 2 heterocycles. The normalized spacial score (nSPS) is 19.9. The van der Waals surface area contributed by atoms with E-state index in [1.807, 2.05) is 61.5 Å². The Morgan fingerprint density at radius 3 is 2.58 bits per heavy atom. The van der Waals surface area contributed by atoms with Gasteiger partial charge in [-0.05, 0) is 47.7 Å². The van der Waals surface area contributed by atoms with Crippen LogP contribution in [-0.4, -0.2) is 18.8 Å². The summed E-state index contributed by atoms with van der Waals surface area (Å²) in [5.74, 6) is 0.943. The highest BCUT2D eigenvalue weighted by molar-refractivity contribution is 7.10. The molecule has 2 aliphatic rings. The van der Waals surface area contributed by atoms with E-state index in [2.05, 4.69) is 16.8 Å². The molecule has 1 aromatic heterocycles. The quantitative estimate of drug-likeness (QED) is 0.516. The molecule has 5 rings (SSSR count). The molecule has 1 aliphatic carbocycles. The van der Waals surface area contributed by atoms with Gasteiger partial charge >= 0.3 is 0 Å². The smallest absolute Gasteiger partial charge is 0.227 e. The predicted octanol–water partition coefficient (Wildman–Crippen LogP) is 6.07. The Balaban J connectivity index is 1.71. The van der Waals surface area contributed by atoms with E-state index in [4.69, 9.17) is 4.74 Å². The number of nitrogens with one attached hydrogen (secondary N) is 1. The average molecular weight is 459 g/mol. The van der Waals surface area contributed by atoms with Crippen molar-refractivity contribution in [3.63, 3.8) is 0 Å². The second-order valence-corrected chi connectivity index (χ2v) is 9.35. The van der Waals surface area contributed by atoms with Gasteiger partial charge in [0.25, 0.3) is 0 Å². The number of ketones is 1. The summed E-state index contributed by atoms with van der Waals surface area (Å²) in [7, 11) is 1.63. The molecule has 0 spiro atoms. The van der Waals surface area contributed by atoms with E-state index in [-0.39, 0.29) is 17.6 Å². The Kier molecular flexibility index (Phi) is 5.77. The summed E-state index contributed by atoms with van der Waals surface area (Å²) in [6.45, 7) is 1.86. The van der Waals surface area contributed by atoms with Gasteiger partial charge in [0.05, 0.1) is 24.5 Å². The molecule has 168 valence electrons. The second-order valence-electron chi connectivity index (χ2n) is 8.37. The van der Waals surface area contributed by atoms with E-state index in [9.17, 15) is 9.59 Å².